The number of alkyl halides is 1. The van der Waals surface area contributed by atoms with E-state index >= 15 is 0 Å². The third-order valence-electron chi connectivity index (χ3n) is 3.55. The normalized spacial score (nSPS) is 30.1. The number of unbranched alkanes of at least 4 members (excludes halogenated alkanes) is 1. The summed E-state index contributed by atoms with van der Waals surface area (Å²) in [5, 5.41) is 10.3. The summed E-state index contributed by atoms with van der Waals surface area (Å²) >= 11 is 3.74. The summed E-state index contributed by atoms with van der Waals surface area (Å²) in [7, 11) is 0. The van der Waals surface area contributed by atoms with Crippen LogP contribution in [0.2, 0.25) is 0 Å². The first-order chi connectivity index (χ1) is 7.68. The quantitative estimate of drug-likeness (QED) is 0.808. The summed E-state index contributed by atoms with van der Waals surface area (Å²) in [6.45, 7) is 2.21. The maximum atomic E-state index is 10.3. The van der Waals surface area contributed by atoms with Gasteiger partial charge in [0.15, 0.2) is 0 Å². The molecule has 16 heavy (non-hydrogen) atoms. The smallest absolute Gasteiger partial charge is 0.0945 e. The number of halogens is 1. The van der Waals surface area contributed by atoms with Gasteiger partial charge in [-0.15, -0.1) is 0 Å². The largest absolute Gasteiger partial charge is 0.387 e. The van der Waals surface area contributed by atoms with E-state index in [1.165, 1.54) is 19.3 Å². The van der Waals surface area contributed by atoms with Gasteiger partial charge in [0.1, 0.15) is 0 Å². The molecule has 88 valence electrons. The third kappa shape index (κ3) is 2.33. The SMILES string of the molecule is CCCC[C@@H]1C[C@@]1(Br)[C@H](O)c1ccccc1. The molecule has 2 heteroatoms. The minimum atomic E-state index is -0.365. The van der Waals surface area contributed by atoms with E-state index in [1.54, 1.807) is 0 Å². The van der Waals surface area contributed by atoms with Crippen molar-refractivity contribution in [2.45, 2.75) is 43.0 Å². The Balaban J connectivity index is 1.99. The molecule has 0 aromatic heterocycles. The number of hydrogen-bond acceptors (Lipinski definition) is 1. The minimum absolute atomic E-state index is 0.0521. The number of rotatable bonds is 5. The van der Waals surface area contributed by atoms with Crippen LogP contribution in [0.5, 0.6) is 0 Å². The summed E-state index contributed by atoms with van der Waals surface area (Å²) in [6.07, 6.45) is 4.46. The average molecular weight is 283 g/mol. The monoisotopic (exact) mass is 282 g/mol. The third-order valence-corrected chi connectivity index (χ3v) is 4.96. The molecule has 0 unspecified atom stereocenters. The molecule has 0 spiro atoms. The van der Waals surface area contributed by atoms with E-state index in [9.17, 15) is 5.11 Å². The zero-order chi connectivity index (χ0) is 11.6. The Bertz CT molecular complexity index is 338. The first kappa shape index (κ1) is 12.1. The highest BCUT2D eigenvalue weighted by molar-refractivity contribution is 9.10. The first-order valence-electron chi connectivity index (χ1n) is 6.10. The fraction of sp³-hybridized carbons (Fsp3) is 0.571. The molecule has 3 atom stereocenters. The summed E-state index contributed by atoms with van der Waals surface area (Å²) in [5.74, 6) is 0.641. The molecule has 1 aliphatic rings. The van der Waals surface area contributed by atoms with Crippen molar-refractivity contribution in [1.82, 2.24) is 0 Å². The molecule has 2 rings (SSSR count). The fourth-order valence-electron chi connectivity index (χ4n) is 2.36. The first-order valence-corrected chi connectivity index (χ1v) is 6.89. The van der Waals surface area contributed by atoms with Crippen molar-refractivity contribution in [2.75, 3.05) is 0 Å². The highest BCUT2D eigenvalue weighted by atomic mass is 79.9. The lowest BCUT2D eigenvalue weighted by molar-refractivity contribution is 0.162. The van der Waals surface area contributed by atoms with Crippen LogP contribution in [0.3, 0.4) is 0 Å². The molecule has 0 saturated heterocycles. The van der Waals surface area contributed by atoms with Gasteiger partial charge in [0.2, 0.25) is 0 Å². The number of hydrogen-bond donors (Lipinski definition) is 1. The van der Waals surface area contributed by atoms with Crippen molar-refractivity contribution in [2.24, 2.45) is 5.92 Å². The second kappa shape index (κ2) is 4.89. The van der Waals surface area contributed by atoms with Crippen LogP contribution in [0, 0.1) is 5.92 Å². The molecule has 0 heterocycles. The van der Waals surface area contributed by atoms with Crippen LogP contribution in [0.15, 0.2) is 30.3 Å². The van der Waals surface area contributed by atoms with Crippen LogP contribution >= 0.6 is 15.9 Å². The summed E-state index contributed by atoms with van der Waals surface area (Å²) in [4.78, 5) is 0. The molecule has 0 bridgehead atoms. The maximum absolute atomic E-state index is 10.3. The van der Waals surface area contributed by atoms with Crippen molar-refractivity contribution in [3.63, 3.8) is 0 Å². The summed E-state index contributed by atoms with van der Waals surface area (Å²) < 4.78 is -0.0521. The number of aliphatic hydroxyl groups excluding tert-OH is 1. The van der Waals surface area contributed by atoms with Gasteiger partial charge in [-0.2, -0.15) is 0 Å². The molecule has 1 saturated carbocycles. The zero-order valence-corrected chi connectivity index (χ0v) is 11.3. The molecule has 1 aromatic carbocycles. The lowest BCUT2D eigenvalue weighted by atomic mass is 10.0. The molecule has 1 N–H and O–H groups in total. The van der Waals surface area contributed by atoms with Gasteiger partial charge in [0.25, 0.3) is 0 Å². The van der Waals surface area contributed by atoms with E-state index in [2.05, 4.69) is 22.9 Å². The Morgan fingerprint density at radius 1 is 1.44 bits per heavy atom. The topological polar surface area (TPSA) is 20.2 Å². The molecule has 1 aliphatic carbocycles. The highest BCUT2D eigenvalue weighted by Gasteiger charge is 2.56. The highest BCUT2D eigenvalue weighted by Crippen LogP contribution is 2.60. The molecule has 0 aliphatic heterocycles. The standard InChI is InChI=1S/C14H19BrO/c1-2-3-9-12-10-14(12,15)13(16)11-7-5-4-6-8-11/h4-8,12-13,16H,2-3,9-10H2,1H3/t12-,13-,14+/m1/s1. The number of benzene rings is 1. The second-order valence-electron chi connectivity index (χ2n) is 4.78. The predicted molar refractivity (Wildman–Crippen MR) is 70.7 cm³/mol. The van der Waals surface area contributed by atoms with Gasteiger partial charge < -0.3 is 5.11 Å². The molecule has 0 amide bonds. The Morgan fingerprint density at radius 3 is 2.75 bits per heavy atom. The van der Waals surface area contributed by atoms with Crippen LogP contribution in [0.25, 0.3) is 0 Å². The molecule has 1 fully saturated rings. The fourth-order valence-corrected chi connectivity index (χ4v) is 3.24. The Labute approximate surface area is 106 Å². The summed E-state index contributed by atoms with van der Waals surface area (Å²) in [5.41, 5.74) is 1.03. The van der Waals surface area contributed by atoms with Crippen LogP contribution in [-0.2, 0) is 0 Å². The van der Waals surface area contributed by atoms with Crippen molar-refractivity contribution in [1.29, 1.82) is 0 Å². The van der Waals surface area contributed by atoms with Gasteiger partial charge in [-0.05, 0) is 24.3 Å². The van der Waals surface area contributed by atoms with E-state index < -0.39 is 0 Å². The molecular formula is C14H19BrO. The Hall–Kier alpha value is -0.340. The Kier molecular flexibility index (Phi) is 3.70. The van der Waals surface area contributed by atoms with Crippen LogP contribution in [-0.4, -0.2) is 9.43 Å². The van der Waals surface area contributed by atoms with Gasteiger partial charge in [0, 0.05) is 0 Å². The lowest BCUT2D eigenvalue weighted by Gasteiger charge is -2.18. The summed E-state index contributed by atoms with van der Waals surface area (Å²) in [6, 6.07) is 9.96. The molecule has 1 aromatic rings. The average Bonchev–Trinajstić information content (AvgIpc) is 2.99. The van der Waals surface area contributed by atoms with Crippen LogP contribution in [0.1, 0.15) is 44.3 Å². The van der Waals surface area contributed by atoms with E-state index in [4.69, 9.17) is 0 Å². The molecular weight excluding hydrogens is 264 g/mol. The lowest BCUT2D eigenvalue weighted by Crippen LogP contribution is -2.15. The van der Waals surface area contributed by atoms with Crippen molar-refractivity contribution < 1.29 is 5.11 Å². The molecule has 1 nitrogen and oxygen atoms in total. The van der Waals surface area contributed by atoms with Crippen molar-refractivity contribution in [3.05, 3.63) is 35.9 Å². The van der Waals surface area contributed by atoms with E-state index in [1.807, 2.05) is 30.3 Å². The van der Waals surface area contributed by atoms with E-state index in [0.717, 1.165) is 12.0 Å². The maximum Gasteiger partial charge on any atom is 0.0945 e. The van der Waals surface area contributed by atoms with Crippen LogP contribution < -0.4 is 0 Å². The van der Waals surface area contributed by atoms with Gasteiger partial charge in [0.05, 0.1) is 10.4 Å². The van der Waals surface area contributed by atoms with Gasteiger partial charge in [-0.25, -0.2) is 0 Å². The van der Waals surface area contributed by atoms with Gasteiger partial charge in [-0.3, -0.25) is 0 Å². The minimum Gasteiger partial charge on any atom is -0.387 e. The van der Waals surface area contributed by atoms with Crippen molar-refractivity contribution in [3.8, 4) is 0 Å². The Morgan fingerprint density at radius 2 is 2.12 bits per heavy atom. The predicted octanol–water partition coefficient (Wildman–Crippen LogP) is 4.06. The molecule has 0 radical (unpaired) electrons. The zero-order valence-electron chi connectivity index (χ0n) is 9.70. The van der Waals surface area contributed by atoms with Crippen molar-refractivity contribution >= 4 is 15.9 Å². The second-order valence-corrected chi connectivity index (χ2v) is 6.26. The van der Waals surface area contributed by atoms with Gasteiger partial charge >= 0.3 is 0 Å². The van der Waals surface area contributed by atoms with E-state index in [-0.39, 0.29) is 10.4 Å². The van der Waals surface area contributed by atoms with Gasteiger partial charge in [-0.1, -0.05) is 66.0 Å². The van der Waals surface area contributed by atoms with E-state index in [0.29, 0.717) is 5.92 Å². The number of aliphatic hydroxyl groups is 1. The van der Waals surface area contributed by atoms with Crippen LogP contribution in [0.4, 0.5) is 0 Å².